The van der Waals surface area contributed by atoms with Crippen molar-refractivity contribution in [3.05, 3.63) is 65.5 Å². The molecule has 1 fully saturated rings. The van der Waals surface area contributed by atoms with E-state index in [1.54, 1.807) is 19.2 Å². The van der Waals surface area contributed by atoms with E-state index in [4.69, 9.17) is 25.7 Å². The molecular formula is C27H28ClN5O4. The van der Waals surface area contributed by atoms with Gasteiger partial charge in [0.15, 0.2) is 0 Å². The number of hydrogen-bond donors (Lipinski definition) is 1. The smallest absolute Gasteiger partial charge is 0.407 e. The van der Waals surface area contributed by atoms with Crippen molar-refractivity contribution in [2.75, 3.05) is 31.6 Å². The van der Waals surface area contributed by atoms with Crippen molar-refractivity contribution >= 4 is 34.4 Å². The van der Waals surface area contributed by atoms with E-state index < -0.39 is 6.09 Å². The first kappa shape index (κ1) is 24.8. The zero-order valence-corrected chi connectivity index (χ0v) is 21.3. The van der Waals surface area contributed by atoms with E-state index in [0.29, 0.717) is 23.4 Å². The number of halogens is 1. The topological polar surface area (TPSA) is 105 Å². The number of carboxylic acid groups (broad SMARTS) is 1. The Hall–Kier alpha value is -3.85. The highest BCUT2D eigenvalue weighted by atomic mass is 35.5. The molecule has 192 valence electrons. The lowest BCUT2D eigenvalue weighted by Crippen LogP contribution is -2.36. The Morgan fingerprint density at radius 3 is 2.65 bits per heavy atom. The molecule has 0 atom stereocenters. The summed E-state index contributed by atoms with van der Waals surface area (Å²) in [4.78, 5) is 20.3. The Bertz CT molecular complexity index is 1370. The zero-order chi connectivity index (χ0) is 25.8. The van der Waals surface area contributed by atoms with Gasteiger partial charge in [-0.2, -0.15) is 0 Å². The minimum atomic E-state index is -0.998. The molecule has 0 spiro atoms. The molecule has 1 N–H and O–H groups in total. The Kier molecular flexibility index (Phi) is 7.41. The van der Waals surface area contributed by atoms with Crippen molar-refractivity contribution in [3.8, 4) is 17.2 Å². The van der Waals surface area contributed by atoms with E-state index in [1.165, 1.54) is 4.90 Å². The molecule has 0 aliphatic carbocycles. The predicted molar refractivity (Wildman–Crippen MR) is 141 cm³/mol. The maximum Gasteiger partial charge on any atom is 0.407 e. The molecule has 0 bridgehead atoms. The average Bonchev–Trinajstić information content (AvgIpc) is 3.39. The second-order valence-corrected chi connectivity index (χ2v) is 9.60. The average molecular weight is 522 g/mol. The number of amides is 1. The molecule has 9 nitrogen and oxygen atoms in total. The third-order valence-corrected chi connectivity index (χ3v) is 7.02. The van der Waals surface area contributed by atoms with Gasteiger partial charge >= 0.3 is 6.09 Å². The number of aromatic nitrogens is 3. The molecule has 1 aliphatic heterocycles. The first-order valence-corrected chi connectivity index (χ1v) is 12.6. The lowest BCUT2D eigenvalue weighted by atomic mass is 9.93. The molecular weight excluding hydrogens is 494 g/mol. The van der Waals surface area contributed by atoms with Crippen LogP contribution in [0.3, 0.4) is 0 Å². The van der Waals surface area contributed by atoms with Crippen molar-refractivity contribution < 1.29 is 19.1 Å². The fraction of sp³-hybridized carbons (Fsp3) is 0.333. The fourth-order valence-corrected chi connectivity index (χ4v) is 4.80. The third-order valence-electron chi connectivity index (χ3n) is 6.78. The number of ether oxygens (including phenoxy) is 1. The van der Waals surface area contributed by atoms with Gasteiger partial charge in [0.1, 0.15) is 18.1 Å². The van der Waals surface area contributed by atoms with Crippen molar-refractivity contribution in [3.63, 3.8) is 0 Å². The van der Waals surface area contributed by atoms with Gasteiger partial charge in [-0.25, -0.2) is 9.78 Å². The van der Waals surface area contributed by atoms with E-state index in [2.05, 4.69) is 21.2 Å². The van der Waals surface area contributed by atoms with Crippen molar-refractivity contribution in [2.24, 2.45) is 5.92 Å². The van der Waals surface area contributed by atoms with Gasteiger partial charge in [0.2, 0.25) is 11.8 Å². The lowest BCUT2D eigenvalue weighted by Gasteiger charge is -2.33. The first-order chi connectivity index (χ1) is 18.0. The molecule has 2 aromatic carbocycles. The largest absolute Gasteiger partial charge is 0.497 e. The van der Waals surface area contributed by atoms with Gasteiger partial charge in [-0.3, -0.25) is 4.90 Å². The summed E-state index contributed by atoms with van der Waals surface area (Å²) in [7, 11) is 1.60. The molecule has 2 aromatic heterocycles. The van der Waals surface area contributed by atoms with Crippen LogP contribution in [-0.4, -0.2) is 58.0 Å². The summed E-state index contributed by atoms with van der Waals surface area (Å²) >= 11 is 6.08. The highest BCUT2D eigenvalue weighted by molar-refractivity contribution is 6.31. The number of benzene rings is 2. The number of carbonyl (C=O) groups is 1. The van der Waals surface area contributed by atoms with Gasteiger partial charge in [-0.1, -0.05) is 11.6 Å². The van der Waals surface area contributed by atoms with Crippen LogP contribution in [0.15, 0.2) is 59.0 Å². The minimum Gasteiger partial charge on any atom is -0.497 e. The summed E-state index contributed by atoms with van der Waals surface area (Å²) in [5.41, 5.74) is 1.68. The zero-order valence-electron chi connectivity index (χ0n) is 20.5. The van der Waals surface area contributed by atoms with Gasteiger partial charge in [-0.05, 0) is 79.8 Å². The van der Waals surface area contributed by atoms with Gasteiger partial charge in [0.25, 0.3) is 0 Å². The fourth-order valence-electron chi connectivity index (χ4n) is 4.62. The van der Waals surface area contributed by atoms with E-state index in [1.807, 2.05) is 36.4 Å². The molecule has 1 amide bonds. The summed E-state index contributed by atoms with van der Waals surface area (Å²) < 4.78 is 10.9. The van der Waals surface area contributed by atoms with E-state index in [9.17, 15) is 9.90 Å². The molecule has 5 rings (SSSR count). The summed E-state index contributed by atoms with van der Waals surface area (Å²) in [5, 5.41) is 19.6. The Morgan fingerprint density at radius 2 is 1.92 bits per heavy atom. The van der Waals surface area contributed by atoms with Gasteiger partial charge in [-0.15, -0.1) is 10.2 Å². The summed E-state index contributed by atoms with van der Waals surface area (Å²) in [6.07, 6.45) is 1.75. The maximum atomic E-state index is 11.9. The number of fused-ring (bicyclic) bond motifs is 1. The first-order valence-electron chi connectivity index (χ1n) is 12.2. The number of nitrogens with zero attached hydrogens (tertiary/aromatic N) is 5. The second kappa shape index (κ2) is 11.0. The molecule has 0 saturated carbocycles. The highest BCUT2D eigenvalue weighted by Gasteiger charge is 2.23. The van der Waals surface area contributed by atoms with E-state index >= 15 is 0 Å². The van der Waals surface area contributed by atoms with E-state index in [-0.39, 0.29) is 12.4 Å². The maximum absolute atomic E-state index is 11.9. The monoisotopic (exact) mass is 521 g/mol. The molecule has 1 aliphatic rings. The minimum absolute atomic E-state index is 0.0579. The molecule has 1 saturated heterocycles. The Balaban J connectivity index is 1.14. The van der Waals surface area contributed by atoms with Crippen LogP contribution in [0.5, 0.6) is 5.75 Å². The standard InChI is InChI=1S/C27H28ClN5O4/c1-36-22-6-2-19(3-7-22)26-31-30-25(37-26)17-33(27(34)35)15-12-18-10-13-32(14-11-18)24-9-4-20-16-21(28)5-8-23(20)29-24/h2-9,16,18H,10-15,17H2,1H3,(H,34,35). The van der Waals surface area contributed by atoms with Crippen LogP contribution in [-0.2, 0) is 6.54 Å². The molecule has 37 heavy (non-hydrogen) atoms. The number of piperidine rings is 1. The SMILES string of the molecule is COc1ccc(-c2nnc(CN(CCC3CCN(c4ccc5cc(Cl)ccc5n4)CC3)C(=O)O)o2)cc1. The van der Waals surface area contributed by atoms with Crippen LogP contribution in [0.1, 0.15) is 25.2 Å². The molecule has 10 heteroatoms. The van der Waals surface area contributed by atoms with Crippen LogP contribution in [0.2, 0.25) is 5.02 Å². The lowest BCUT2D eigenvalue weighted by molar-refractivity contribution is 0.133. The molecule has 3 heterocycles. The number of methoxy groups -OCH3 is 1. The number of anilines is 1. The van der Waals surface area contributed by atoms with Crippen LogP contribution in [0, 0.1) is 5.92 Å². The van der Waals surface area contributed by atoms with Crippen molar-refractivity contribution in [2.45, 2.75) is 25.8 Å². The van der Waals surface area contributed by atoms with Crippen LogP contribution in [0.25, 0.3) is 22.4 Å². The number of hydrogen-bond acceptors (Lipinski definition) is 7. The summed E-state index contributed by atoms with van der Waals surface area (Å²) in [6.45, 7) is 2.25. The quantitative estimate of drug-likeness (QED) is 0.313. The van der Waals surface area contributed by atoms with Gasteiger partial charge in [0.05, 0.1) is 12.6 Å². The van der Waals surface area contributed by atoms with Crippen LogP contribution >= 0.6 is 11.6 Å². The normalized spacial score (nSPS) is 14.2. The van der Waals surface area contributed by atoms with Crippen LogP contribution in [0.4, 0.5) is 10.6 Å². The van der Waals surface area contributed by atoms with Crippen molar-refractivity contribution in [1.82, 2.24) is 20.1 Å². The Morgan fingerprint density at radius 1 is 1.14 bits per heavy atom. The number of pyridine rings is 1. The van der Waals surface area contributed by atoms with Gasteiger partial charge in [0, 0.05) is 35.6 Å². The van der Waals surface area contributed by atoms with Crippen molar-refractivity contribution in [1.29, 1.82) is 0 Å². The summed E-state index contributed by atoms with van der Waals surface area (Å²) in [5.74, 6) is 2.75. The van der Waals surface area contributed by atoms with E-state index in [0.717, 1.165) is 60.4 Å². The molecule has 0 radical (unpaired) electrons. The second-order valence-electron chi connectivity index (χ2n) is 9.16. The van der Waals surface area contributed by atoms with Crippen LogP contribution < -0.4 is 9.64 Å². The Labute approximate surface area is 219 Å². The predicted octanol–water partition coefficient (Wildman–Crippen LogP) is 5.73. The molecule has 4 aromatic rings. The molecule has 0 unspecified atom stereocenters. The number of rotatable bonds is 8. The highest BCUT2D eigenvalue weighted by Crippen LogP contribution is 2.27. The van der Waals surface area contributed by atoms with Gasteiger partial charge < -0.3 is 19.2 Å². The summed E-state index contributed by atoms with van der Waals surface area (Å²) in [6, 6.07) is 17.1. The third kappa shape index (κ3) is 5.94.